The summed E-state index contributed by atoms with van der Waals surface area (Å²) in [6, 6.07) is 0.0173. The Bertz CT molecular complexity index is 258. The summed E-state index contributed by atoms with van der Waals surface area (Å²) in [4.78, 5) is 14.3. The molecule has 0 radical (unpaired) electrons. The Kier molecular flexibility index (Phi) is 6.65. The highest BCUT2D eigenvalue weighted by molar-refractivity contribution is 5.84. The molecular weight excluding hydrogens is 228 g/mol. The molecule has 0 spiro atoms. The van der Waals surface area contributed by atoms with E-state index in [0.717, 1.165) is 25.7 Å². The van der Waals surface area contributed by atoms with Crippen LogP contribution in [0, 0.1) is 0 Å². The fraction of sp³-hybridized carbons (Fsp3) is 0.929. The zero-order chi connectivity index (χ0) is 13.5. The van der Waals surface area contributed by atoms with Gasteiger partial charge in [0.25, 0.3) is 0 Å². The molecule has 1 heterocycles. The normalized spacial score (nSPS) is 25.8. The van der Waals surface area contributed by atoms with Crippen molar-refractivity contribution in [3.8, 4) is 0 Å². The summed E-state index contributed by atoms with van der Waals surface area (Å²) in [6.45, 7) is 9.69. The number of nitrogens with one attached hydrogen (secondary N) is 1. The van der Waals surface area contributed by atoms with Crippen molar-refractivity contribution in [2.45, 2.75) is 71.7 Å². The van der Waals surface area contributed by atoms with Gasteiger partial charge in [-0.15, -0.1) is 0 Å². The van der Waals surface area contributed by atoms with Gasteiger partial charge in [-0.25, -0.2) is 0 Å². The van der Waals surface area contributed by atoms with Crippen LogP contribution in [0.4, 0.5) is 0 Å². The fourth-order valence-corrected chi connectivity index (χ4v) is 2.53. The van der Waals surface area contributed by atoms with Crippen molar-refractivity contribution in [3.63, 3.8) is 0 Å². The van der Waals surface area contributed by atoms with Crippen LogP contribution in [0.3, 0.4) is 0 Å². The van der Waals surface area contributed by atoms with E-state index in [1.54, 1.807) is 0 Å². The van der Waals surface area contributed by atoms with Gasteiger partial charge in [-0.1, -0.05) is 26.7 Å². The molecule has 4 nitrogen and oxygen atoms in total. The van der Waals surface area contributed by atoms with Crippen molar-refractivity contribution >= 4 is 5.91 Å². The molecule has 1 rings (SSSR count). The lowest BCUT2D eigenvalue weighted by Gasteiger charge is -2.26. The van der Waals surface area contributed by atoms with Gasteiger partial charge in [-0.3, -0.25) is 10.1 Å². The molecule has 0 aromatic carbocycles. The van der Waals surface area contributed by atoms with Gasteiger partial charge in [0.2, 0.25) is 5.91 Å². The first kappa shape index (κ1) is 15.4. The molecule has 18 heavy (non-hydrogen) atoms. The molecule has 3 atom stereocenters. The lowest BCUT2D eigenvalue weighted by atomic mass is 10.1. The molecule has 1 aliphatic rings. The molecule has 0 aliphatic carbocycles. The summed E-state index contributed by atoms with van der Waals surface area (Å²) in [5.41, 5.74) is 0. The number of amides is 1. The van der Waals surface area contributed by atoms with Gasteiger partial charge in [0.05, 0.1) is 18.3 Å². The van der Waals surface area contributed by atoms with Gasteiger partial charge in [-0.05, 0) is 26.7 Å². The minimum Gasteiger partial charge on any atom is -0.377 e. The van der Waals surface area contributed by atoms with Crippen LogP contribution >= 0.6 is 0 Å². The predicted molar refractivity (Wildman–Crippen MR) is 73.3 cm³/mol. The summed E-state index contributed by atoms with van der Waals surface area (Å²) in [5.74, 6) is 0.252. The van der Waals surface area contributed by atoms with E-state index in [2.05, 4.69) is 19.2 Å². The van der Waals surface area contributed by atoms with Gasteiger partial charge < -0.3 is 9.64 Å². The van der Waals surface area contributed by atoms with Gasteiger partial charge in [0, 0.05) is 13.2 Å². The third-order valence-corrected chi connectivity index (χ3v) is 3.49. The Balaban J connectivity index is 2.56. The third-order valence-electron chi connectivity index (χ3n) is 3.49. The average Bonchev–Trinajstić information content (AvgIpc) is 2.64. The molecule has 0 aromatic heterocycles. The van der Waals surface area contributed by atoms with Crippen LogP contribution in [0.5, 0.6) is 0 Å². The van der Waals surface area contributed by atoms with Gasteiger partial charge in [0.15, 0.2) is 0 Å². The zero-order valence-electron chi connectivity index (χ0n) is 12.2. The number of ether oxygens (including phenoxy) is 1. The number of carbonyl (C=O) groups excluding carboxylic acids is 1. The molecule has 1 aliphatic heterocycles. The third kappa shape index (κ3) is 3.95. The lowest BCUT2D eigenvalue weighted by molar-refractivity contribution is -0.132. The largest absolute Gasteiger partial charge is 0.377 e. The number of hydrogen-bond acceptors (Lipinski definition) is 3. The second-order valence-corrected chi connectivity index (χ2v) is 5.04. The molecule has 106 valence electrons. The van der Waals surface area contributed by atoms with E-state index in [9.17, 15) is 4.79 Å². The van der Waals surface area contributed by atoms with E-state index in [-0.39, 0.29) is 24.2 Å². The van der Waals surface area contributed by atoms with Crippen LogP contribution < -0.4 is 5.32 Å². The van der Waals surface area contributed by atoms with Crippen LogP contribution in [-0.4, -0.2) is 42.3 Å². The molecule has 0 saturated carbocycles. The number of unbranched alkanes of at least 4 members (excludes halogenated alkanes) is 1. The first-order chi connectivity index (χ1) is 8.63. The van der Waals surface area contributed by atoms with Crippen LogP contribution in [0.15, 0.2) is 0 Å². The SMILES string of the molecule is CCCCC1NC(CC)N(CC(C)OCC)C1=O. The minimum absolute atomic E-state index is 0.0173. The van der Waals surface area contributed by atoms with E-state index in [1.807, 2.05) is 18.7 Å². The standard InChI is InChI=1S/C14H28N2O2/c1-5-8-9-12-14(17)16(13(6-2)15-12)10-11(4)18-7-3/h11-13,15H,5-10H2,1-4H3. The molecule has 1 fully saturated rings. The average molecular weight is 256 g/mol. The Labute approximate surface area is 111 Å². The Morgan fingerprint density at radius 2 is 2.11 bits per heavy atom. The zero-order valence-corrected chi connectivity index (χ0v) is 12.2. The number of nitrogens with zero attached hydrogens (tertiary/aromatic N) is 1. The molecule has 4 heteroatoms. The van der Waals surface area contributed by atoms with Crippen LogP contribution in [0.1, 0.15) is 53.4 Å². The Morgan fingerprint density at radius 3 is 2.67 bits per heavy atom. The topological polar surface area (TPSA) is 41.6 Å². The highest BCUT2D eigenvalue weighted by Gasteiger charge is 2.37. The molecule has 0 bridgehead atoms. The maximum Gasteiger partial charge on any atom is 0.241 e. The minimum atomic E-state index is 0.0173. The number of hydrogen-bond donors (Lipinski definition) is 1. The van der Waals surface area contributed by atoms with Crippen molar-refractivity contribution < 1.29 is 9.53 Å². The van der Waals surface area contributed by atoms with Crippen molar-refractivity contribution in [2.24, 2.45) is 0 Å². The van der Waals surface area contributed by atoms with E-state index < -0.39 is 0 Å². The summed E-state index contributed by atoms with van der Waals surface area (Å²) >= 11 is 0. The smallest absolute Gasteiger partial charge is 0.241 e. The van der Waals surface area contributed by atoms with E-state index in [4.69, 9.17) is 4.74 Å². The van der Waals surface area contributed by atoms with E-state index >= 15 is 0 Å². The van der Waals surface area contributed by atoms with Gasteiger partial charge in [-0.2, -0.15) is 0 Å². The van der Waals surface area contributed by atoms with Crippen LogP contribution in [-0.2, 0) is 9.53 Å². The lowest BCUT2D eigenvalue weighted by Crippen LogP contribution is -2.41. The van der Waals surface area contributed by atoms with Crippen molar-refractivity contribution in [3.05, 3.63) is 0 Å². The first-order valence-electron chi connectivity index (χ1n) is 7.32. The van der Waals surface area contributed by atoms with Crippen molar-refractivity contribution in [1.29, 1.82) is 0 Å². The summed E-state index contributed by atoms with van der Waals surface area (Å²) in [7, 11) is 0. The van der Waals surface area contributed by atoms with E-state index in [0.29, 0.717) is 13.2 Å². The fourth-order valence-electron chi connectivity index (χ4n) is 2.53. The maximum absolute atomic E-state index is 12.3. The second kappa shape index (κ2) is 7.74. The molecule has 0 aromatic rings. The summed E-state index contributed by atoms with van der Waals surface area (Å²) in [6.07, 6.45) is 4.44. The van der Waals surface area contributed by atoms with Crippen LogP contribution in [0.25, 0.3) is 0 Å². The summed E-state index contributed by atoms with van der Waals surface area (Å²) in [5, 5.41) is 3.44. The predicted octanol–water partition coefficient (Wildman–Crippen LogP) is 2.14. The van der Waals surface area contributed by atoms with Gasteiger partial charge in [0.1, 0.15) is 0 Å². The van der Waals surface area contributed by atoms with Crippen molar-refractivity contribution in [2.75, 3.05) is 13.2 Å². The molecule has 1 N–H and O–H groups in total. The van der Waals surface area contributed by atoms with Crippen LogP contribution in [0.2, 0.25) is 0 Å². The molecule has 3 unspecified atom stereocenters. The second-order valence-electron chi connectivity index (χ2n) is 5.04. The summed E-state index contributed by atoms with van der Waals surface area (Å²) < 4.78 is 5.54. The highest BCUT2D eigenvalue weighted by atomic mass is 16.5. The highest BCUT2D eigenvalue weighted by Crippen LogP contribution is 2.18. The molecule has 1 saturated heterocycles. The quantitative estimate of drug-likeness (QED) is 0.723. The Hall–Kier alpha value is -0.610. The maximum atomic E-state index is 12.3. The van der Waals surface area contributed by atoms with E-state index in [1.165, 1.54) is 0 Å². The number of rotatable bonds is 8. The van der Waals surface area contributed by atoms with Crippen molar-refractivity contribution in [1.82, 2.24) is 10.2 Å². The first-order valence-corrected chi connectivity index (χ1v) is 7.32. The molecule has 1 amide bonds. The monoisotopic (exact) mass is 256 g/mol. The Morgan fingerprint density at radius 1 is 1.39 bits per heavy atom. The van der Waals surface area contributed by atoms with Gasteiger partial charge >= 0.3 is 0 Å². The number of carbonyl (C=O) groups is 1. The molecular formula is C14H28N2O2.